The molecule has 134 valence electrons. The minimum atomic E-state index is -0.210. The first-order valence-electron chi connectivity index (χ1n) is 8.99. The predicted octanol–water partition coefficient (Wildman–Crippen LogP) is 2.63. The molecule has 0 bridgehead atoms. The Morgan fingerprint density at radius 2 is 2.00 bits per heavy atom. The first-order valence-corrected chi connectivity index (χ1v) is 8.99. The summed E-state index contributed by atoms with van der Waals surface area (Å²) in [5.41, 5.74) is 5.38. The summed E-state index contributed by atoms with van der Waals surface area (Å²) in [7, 11) is 0. The monoisotopic (exact) mass is 350 g/mol. The molecule has 0 fully saturated rings. The SMILES string of the molecule is Cc1ccc(C)c(NC(=O)Cn2ccn3nc4c(c3c2=O)CCCC4)c1. The van der Waals surface area contributed by atoms with E-state index in [0.717, 1.165) is 53.8 Å². The van der Waals surface area contributed by atoms with Gasteiger partial charge >= 0.3 is 0 Å². The molecule has 2 heterocycles. The number of nitrogens with zero attached hydrogens (tertiary/aromatic N) is 3. The summed E-state index contributed by atoms with van der Waals surface area (Å²) in [5.74, 6) is -0.210. The molecule has 2 aromatic heterocycles. The summed E-state index contributed by atoms with van der Waals surface area (Å²) in [5, 5.41) is 7.44. The lowest BCUT2D eigenvalue weighted by molar-refractivity contribution is -0.116. The van der Waals surface area contributed by atoms with Crippen molar-refractivity contribution in [1.29, 1.82) is 0 Å². The number of anilines is 1. The van der Waals surface area contributed by atoms with Gasteiger partial charge in [0.05, 0.1) is 5.69 Å². The van der Waals surface area contributed by atoms with E-state index in [1.807, 2.05) is 32.0 Å². The second kappa shape index (κ2) is 6.44. The molecule has 0 saturated carbocycles. The molecule has 1 aliphatic carbocycles. The average Bonchev–Trinajstić information content (AvgIpc) is 3.00. The Morgan fingerprint density at radius 3 is 2.85 bits per heavy atom. The average molecular weight is 350 g/mol. The standard InChI is InChI=1S/C20H22N4O2/c1-13-7-8-14(2)17(11-13)21-18(25)12-23-9-10-24-19(20(23)26)15-5-3-4-6-16(15)22-24/h7-11H,3-6,12H2,1-2H3,(H,21,25). The molecule has 0 atom stereocenters. The number of aryl methyl sites for hydroxylation is 4. The minimum absolute atomic E-state index is 0.0112. The topological polar surface area (TPSA) is 68.4 Å². The van der Waals surface area contributed by atoms with Crippen LogP contribution < -0.4 is 10.9 Å². The Labute approximate surface area is 151 Å². The molecule has 6 nitrogen and oxygen atoms in total. The molecule has 0 unspecified atom stereocenters. The van der Waals surface area contributed by atoms with Gasteiger partial charge in [-0.15, -0.1) is 0 Å². The molecule has 0 radical (unpaired) electrons. The first-order chi connectivity index (χ1) is 12.5. The van der Waals surface area contributed by atoms with E-state index in [0.29, 0.717) is 5.52 Å². The van der Waals surface area contributed by atoms with E-state index in [2.05, 4.69) is 10.4 Å². The smallest absolute Gasteiger partial charge is 0.277 e. The Morgan fingerprint density at radius 1 is 1.19 bits per heavy atom. The van der Waals surface area contributed by atoms with Crippen LogP contribution >= 0.6 is 0 Å². The lowest BCUT2D eigenvalue weighted by atomic mass is 9.97. The number of hydrogen-bond acceptors (Lipinski definition) is 3. The van der Waals surface area contributed by atoms with Gasteiger partial charge in [0.1, 0.15) is 12.1 Å². The minimum Gasteiger partial charge on any atom is -0.324 e. The maximum Gasteiger partial charge on any atom is 0.277 e. The first kappa shape index (κ1) is 16.6. The predicted molar refractivity (Wildman–Crippen MR) is 101 cm³/mol. The maximum atomic E-state index is 12.9. The van der Waals surface area contributed by atoms with Gasteiger partial charge in [-0.3, -0.25) is 9.59 Å². The fraction of sp³-hybridized carbons (Fsp3) is 0.350. The van der Waals surface area contributed by atoms with Crippen LogP contribution in [0, 0.1) is 13.8 Å². The molecule has 4 rings (SSSR count). The largest absolute Gasteiger partial charge is 0.324 e. The summed E-state index contributed by atoms with van der Waals surface area (Å²) >= 11 is 0. The molecule has 26 heavy (non-hydrogen) atoms. The van der Waals surface area contributed by atoms with Crippen molar-refractivity contribution in [3.8, 4) is 0 Å². The normalized spacial score (nSPS) is 13.6. The number of nitrogens with one attached hydrogen (secondary N) is 1. The number of carbonyl (C=O) groups excluding carboxylic acids is 1. The van der Waals surface area contributed by atoms with Crippen molar-refractivity contribution in [2.45, 2.75) is 46.1 Å². The van der Waals surface area contributed by atoms with Crippen LogP contribution in [-0.2, 0) is 24.2 Å². The molecular weight excluding hydrogens is 328 g/mol. The quantitative estimate of drug-likeness (QED) is 0.789. The van der Waals surface area contributed by atoms with Gasteiger partial charge in [0.2, 0.25) is 5.91 Å². The van der Waals surface area contributed by atoms with Crippen LogP contribution in [0.3, 0.4) is 0 Å². The Balaban J connectivity index is 1.63. The number of benzene rings is 1. The van der Waals surface area contributed by atoms with Gasteiger partial charge < -0.3 is 9.88 Å². The molecule has 1 N–H and O–H groups in total. The fourth-order valence-electron chi connectivity index (χ4n) is 3.59. The van der Waals surface area contributed by atoms with Gasteiger partial charge in [0.15, 0.2) is 0 Å². The molecular formula is C20H22N4O2. The van der Waals surface area contributed by atoms with Crippen LogP contribution in [-0.4, -0.2) is 20.1 Å². The molecule has 1 aromatic carbocycles. The van der Waals surface area contributed by atoms with Crippen LogP contribution in [0.4, 0.5) is 5.69 Å². The van der Waals surface area contributed by atoms with Crippen LogP contribution in [0.15, 0.2) is 35.4 Å². The van der Waals surface area contributed by atoms with E-state index in [4.69, 9.17) is 0 Å². The van der Waals surface area contributed by atoms with Gasteiger partial charge in [-0.2, -0.15) is 5.10 Å². The number of amides is 1. The Bertz CT molecular complexity index is 1060. The van der Waals surface area contributed by atoms with Crippen LogP contribution in [0.5, 0.6) is 0 Å². The highest BCUT2D eigenvalue weighted by atomic mass is 16.2. The van der Waals surface area contributed by atoms with E-state index in [1.54, 1.807) is 16.9 Å². The third kappa shape index (κ3) is 2.92. The molecule has 1 aliphatic rings. The van der Waals surface area contributed by atoms with Gasteiger partial charge in [-0.05, 0) is 56.7 Å². The van der Waals surface area contributed by atoms with Gasteiger partial charge in [-0.1, -0.05) is 12.1 Å². The lowest BCUT2D eigenvalue weighted by Crippen LogP contribution is -2.28. The highest BCUT2D eigenvalue weighted by Crippen LogP contribution is 2.22. The van der Waals surface area contributed by atoms with Crippen molar-refractivity contribution in [3.63, 3.8) is 0 Å². The Hall–Kier alpha value is -2.89. The Kier molecular flexibility index (Phi) is 4.11. The zero-order valence-corrected chi connectivity index (χ0v) is 15.1. The van der Waals surface area contributed by atoms with E-state index >= 15 is 0 Å². The van der Waals surface area contributed by atoms with Crippen molar-refractivity contribution in [2.24, 2.45) is 0 Å². The van der Waals surface area contributed by atoms with Crippen LogP contribution in [0.25, 0.3) is 5.52 Å². The van der Waals surface area contributed by atoms with Crippen LogP contribution in [0.2, 0.25) is 0 Å². The molecule has 3 aromatic rings. The van der Waals surface area contributed by atoms with Gasteiger partial charge in [0.25, 0.3) is 5.56 Å². The third-order valence-electron chi connectivity index (χ3n) is 5.01. The van der Waals surface area contributed by atoms with Crippen molar-refractivity contribution in [3.05, 3.63) is 63.3 Å². The summed E-state index contributed by atoms with van der Waals surface area (Å²) < 4.78 is 3.13. The molecule has 0 spiro atoms. The zero-order chi connectivity index (χ0) is 18.3. The zero-order valence-electron chi connectivity index (χ0n) is 15.1. The summed E-state index contributed by atoms with van der Waals surface area (Å²) in [6.07, 6.45) is 7.40. The van der Waals surface area contributed by atoms with E-state index in [9.17, 15) is 9.59 Å². The molecule has 1 amide bonds. The number of hydrogen-bond donors (Lipinski definition) is 1. The van der Waals surface area contributed by atoms with Gasteiger partial charge in [0, 0.05) is 23.6 Å². The van der Waals surface area contributed by atoms with E-state index in [-0.39, 0.29) is 18.0 Å². The lowest BCUT2D eigenvalue weighted by Gasteiger charge is -2.11. The van der Waals surface area contributed by atoms with E-state index < -0.39 is 0 Å². The van der Waals surface area contributed by atoms with E-state index in [1.165, 1.54) is 4.57 Å². The molecule has 6 heteroatoms. The number of carbonyl (C=O) groups is 1. The molecule has 0 saturated heterocycles. The maximum absolute atomic E-state index is 12.9. The molecule has 0 aliphatic heterocycles. The number of rotatable bonds is 3. The summed E-state index contributed by atoms with van der Waals surface area (Å²) in [4.78, 5) is 25.4. The fourth-order valence-corrected chi connectivity index (χ4v) is 3.59. The van der Waals surface area contributed by atoms with Crippen LogP contribution in [0.1, 0.15) is 35.2 Å². The second-order valence-electron chi connectivity index (χ2n) is 7.02. The second-order valence-corrected chi connectivity index (χ2v) is 7.02. The van der Waals surface area contributed by atoms with Gasteiger partial charge in [-0.25, -0.2) is 4.52 Å². The summed E-state index contributed by atoms with van der Waals surface area (Å²) in [6, 6.07) is 5.92. The summed E-state index contributed by atoms with van der Waals surface area (Å²) in [6.45, 7) is 3.92. The highest BCUT2D eigenvalue weighted by molar-refractivity contribution is 5.91. The highest BCUT2D eigenvalue weighted by Gasteiger charge is 2.20. The number of fused-ring (bicyclic) bond motifs is 3. The van der Waals surface area contributed by atoms with Crippen molar-refractivity contribution in [1.82, 2.24) is 14.2 Å². The van der Waals surface area contributed by atoms with Crippen molar-refractivity contribution >= 4 is 17.1 Å². The third-order valence-corrected chi connectivity index (χ3v) is 5.01. The van der Waals surface area contributed by atoms with Crippen molar-refractivity contribution in [2.75, 3.05) is 5.32 Å². The number of aromatic nitrogens is 3. The van der Waals surface area contributed by atoms with Crippen molar-refractivity contribution < 1.29 is 4.79 Å².